The van der Waals surface area contributed by atoms with Gasteiger partial charge in [-0.25, -0.2) is 0 Å². The average molecular weight is 369 g/mol. The van der Waals surface area contributed by atoms with Gasteiger partial charge in [0.25, 0.3) is 5.91 Å². The van der Waals surface area contributed by atoms with E-state index in [2.05, 4.69) is 16.2 Å². The summed E-state index contributed by atoms with van der Waals surface area (Å²) in [7, 11) is 0. The third-order valence-electron chi connectivity index (χ3n) is 3.73. The quantitative estimate of drug-likeness (QED) is 0.538. The Morgan fingerprint density at radius 2 is 1.70 bits per heavy atom. The number of amides is 3. The highest BCUT2D eigenvalue weighted by Crippen LogP contribution is 2.16. The summed E-state index contributed by atoms with van der Waals surface area (Å²) in [6.07, 6.45) is 2.70. The Kier molecular flexibility index (Phi) is 6.93. The molecule has 0 unspecified atom stereocenters. The van der Waals surface area contributed by atoms with Gasteiger partial charge in [-0.1, -0.05) is 12.1 Å². The Bertz CT molecular complexity index is 868. The minimum atomic E-state index is -0.503. The SMILES string of the molecule is Cc1ccc(C)c(NC(=O)CCC(=O)NNC(=O)C=Cc2ccc(C)o2)c1. The molecule has 0 bridgehead atoms. The van der Waals surface area contributed by atoms with Crippen LogP contribution < -0.4 is 16.2 Å². The molecule has 0 aliphatic rings. The molecular formula is C20H23N3O4. The number of aryl methyl sites for hydroxylation is 3. The monoisotopic (exact) mass is 369 g/mol. The smallest absolute Gasteiger partial charge is 0.262 e. The Balaban J connectivity index is 1.70. The number of rotatable bonds is 6. The first-order valence-electron chi connectivity index (χ1n) is 8.54. The Hall–Kier alpha value is -3.35. The molecule has 1 heterocycles. The van der Waals surface area contributed by atoms with Crippen LogP contribution in [0.2, 0.25) is 0 Å². The molecule has 0 radical (unpaired) electrons. The minimum Gasteiger partial charge on any atom is -0.462 e. The van der Waals surface area contributed by atoms with Crippen LogP contribution in [0, 0.1) is 20.8 Å². The van der Waals surface area contributed by atoms with Crippen molar-refractivity contribution in [3.8, 4) is 0 Å². The largest absolute Gasteiger partial charge is 0.462 e. The van der Waals surface area contributed by atoms with Crippen molar-refractivity contribution in [2.45, 2.75) is 33.6 Å². The second-order valence-electron chi connectivity index (χ2n) is 6.19. The number of furan rings is 1. The Morgan fingerprint density at radius 1 is 0.963 bits per heavy atom. The van der Waals surface area contributed by atoms with E-state index < -0.39 is 11.8 Å². The van der Waals surface area contributed by atoms with Crippen molar-refractivity contribution in [2.75, 3.05) is 5.32 Å². The molecule has 0 atom stereocenters. The number of carbonyl (C=O) groups excluding carboxylic acids is 3. The van der Waals surface area contributed by atoms with E-state index in [-0.39, 0.29) is 18.7 Å². The van der Waals surface area contributed by atoms with Gasteiger partial charge in [0.2, 0.25) is 11.8 Å². The molecule has 2 rings (SSSR count). The predicted molar refractivity (Wildman–Crippen MR) is 103 cm³/mol. The zero-order chi connectivity index (χ0) is 19.8. The maximum atomic E-state index is 12.0. The maximum absolute atomic E-state index is 12.0. The van der Waals surface area contributed by atoms with Crippen LogP contribution in [0.4, 0.5) is 5.69 Å². The predicted octanol–water partition coefficient (Wildman–Crippen LogP) is 2.78. The third-order valence-corrected chi connectivity index (χ3v) is 3.73. The van der Waals surface area contributed by atoms with Gasteiger partial charge in [0, 0.05) is 24.6 Å². The normalized spacial score (nSPS) is 10.6. The summed E-state index contributed by atoms with van der Waals surface area (Å²) in [5.41, 5.74) is 7.23. The molecule has 0 aliphatic carbocycles. The number of benzene rings is 1. The van der Waals surface area contributed by atoms with Crippen LogP contribution in [0.15, 0.2) is 40.8 Å². The molecule has 3 N–H and O–H groups in total. The van der Waals surface area contributed by atoms with Crippen LogP contribution >= 0.6 is 0 Å². The Labute approximate surface area is 157 Å². The molecular weight excluding hydrogens is 346 g/mol. The first-order chi connectivity index (χ1) is 12.8. The number of carbonyl (C=O) groups is 3. The van der Waals surface area contributed by atoms with Crippen LogP contribution in [-0.2, 0) is 14.4 Å². The molecule has 27 heavy (non-hydrogen) atoms. The van der Waals surface area contributed by atoms with Crippen LogP contribution in [-0.4, -0.2) is 17.7 Å². The second-order valence-corrected chi connectivity index (χ2v) is 6.19. The number of anilines is 1. The lowest BCUT2D eigenvalue weighted by Crippen LogP contribution is -2.41. The molecule has 2 aromatic rings. The summed E-state index contributed by atoms with van der Waals surface area (Å²) in [5.74, 6) is 0.0526. The van der Waals surface area contributed by atoms with Crippen molar-refractivity contribution >= 4 is 29.5 Å². The van der Waals surface area contributed by atoms with Crippen LogP contribution in [0.25, 0.3) is 6.08 Å². The van der Waals surface area contributed by atoms with E-state index >= 15 is 0 Å². The van der Waals surface area contributed by atoms with Crippen molar-refractivity contribution in [3.63, 3.8) is 0 Å². The molecule has 1 aromatic heterocycles. The van der Waals surface area contributed by atoms with Crippen molar-refractivity contribution in [3.05, 3.63) is 59.1 Å². The molecule has 142 valence electrons. The summed E-state index contributed by atoms with van der Waals surface area (Å²) in [5, 5.41) is 2.78. The molecule has 3 amide bonds. The summed E-state index contributed by atoms with van der Waals surface area (Å²) < 4.78 is 5.29. The average Bonchev–Trinajstić information content (AvgIpc) is 3.05. The molecule has 0 aliphatic heterocycles. The number of hydrazine groups is 1. The summed E-state index contributed by atoms with van der Waals surface area (Å²) >= 11 is 0. The van der Waals surface area contributed by atoms with E-state index in [0.717, 1.165) is 22.6 Å². The van der Waals surface area contributed by atoms with E-state index in [4.69, 9.17) is 4.42 Å². The maximum Gasteiger partial charge on any atom is 0.262 e. The highest BCUT2D eigenvalue weighted by molar-refractivity contribution is 5.95. The van der Waals surface area contributed by atoms with Crippen molar-refractivity contribution in [1.82, 2.24) is 10.9 Å². The van der Waals surface area contributed by atoms with Crippen molar-refractivity contribution in [1.29, 1.82) is 0 Å². The van der Waals surface area contributed by atoms with Gasteiger partial charge in [-0.2, -0.15) is 0 Å². The number of nitrogens with one attached hydrogen (secondary N) is 3. The van der Waals surface area contributed by atoms with Crippen LogP contribution in [0.1, 0.15) is 35.5 Å². The van der Waals surface area contributed by atoms with Gasteiger partial charge in [0.1, 0.15) is 11.5 Å². The van der Waals surface area contributed by atoms with Crippen molar-refractivity contribution < 1.29 is 18.8 Å². The lowest BCUT2D eigenvalue weighted by atomic mass is 10.1. The topological polar surface area (TPSA) is 100 Å². The van der Waals surface area contributed by atoms with Crippen molar-refractivity contribution in [2.24, 2.45) is 0 Å². The fraction of sp³-hybridized carbons (Fsp3) is 0.250. The zero-order valence-electron chi connectivity index (χ0n) is 15.6. The van der Waals surface area contributed by atoms with E-state index in [1.54, 1.807) is 19.1 Å². The molecule has 7 heteroatoms. The highest BCUT2D eigenvalue weighted by atomic mass is 16.3. The standard InChI is InChI=1S/C20H23N3O4/c1-13-4-5-14(2)17(12-13)21-18(24)10-11-20(26)23-22-19(25)9-8-16-7-6-15(3)27-16/h4-9,12H,10-11H2,1-3H3,(H,21,24)(H,22,25)(H,23,26). The van der Waals surface area contributed by atoms with Gasteiger partial charge in [0.05, 0.1) is 0 Å². The zero-order valence-corrected chi connectivity index (χ0v) is 15.6. The van der Waals surface area contributed by atoms with Gasteiger partial charge in [-0.15, -0.1) is 0 Å². The van der Waals surface area contributed by atoms with Gasteiger partial charge in [-0.05, 0) is 56.2 Å². The highest BCUT2D eigenvalue weighted by Gasteiger charge is 2.09. The first-order valence-corrected chi connectivity index (χ1v) is 8.54. The number of hydrogen-bond donors (Lipinski definition) is 3. The molecule has 0 fully saturated rings. The van der Waals surface area contributed by atoms with Gasteiger partial charge < -0.3 is 9.73 Å². The van der Waals surface area contributed by atoms with Crippen LogP contribution in [0.5, 0.6) is 0 Å². The van der Waals surface area contributed by atoms with Gasteiger partial charge in [0.15, 0.2) is 0 Å². The fourth-order valence-electron chi connectivity index (χ4n) is 2.25. The Morgan fingerprint density at radius 3 is 2.41 bits per heavy atom. The molecule has 0 spiro atoms. The molecule has 0 saturated carbocycles. The minimum absolute atomic E-state index is 0.0105. The van der Waals surface area contributed by atoms with Gasteiger partial charge >= 0.3 is 0 Å². The lowest BCUT2D eigenvalue weighted by molar-refractivity contribution is -0.128. The van der Waals surface area contributed by atoms with E-state index in [1.807, 2.05) is 32.0 Å². The third kappa shape index (κ3) is 6.81. The first kappa shape index (κ1) is 20.0. The van der Waals surface area contributed by atoms with E-state index in [1.165, 1.54) is 12.2 Å². The summed E-state index contributed by atoms with van der Waals surface area (Å²) in [4.78, 5) is 35.4. The number of hydrogen-bond acceptors (Lipinski definition) is 4. The van der Waals surface area contributed by atoms with E-state index in [9.17, 15) is 14.4 Å². The lowest BCUT2D eigenvalue weighted by Gasteiger charge is -2.09. The molecule has 1 aromatic carbocycles. The molecule has 7 nitrogen and oxygen atoms in total. The fourth-order valence-corrected chi connectivity index (χ4v) is 2.25. The van der Waals surface area contributed by atoms with E-state index in [0.29, 0.717) is 5.76 Å². The van der Waals surface area contributed by atoms with Crippen LogP contribution in [0.3, 0.4) is 0 Å². The van der Waals surface area contributed by atoms with Gasteiger partial charge in [-0.3, -0.25) is 25.2 Å². The summed E-state index contributed by atoms with van der Waals surface area (Å²) in [6.45, 7) is 5.63. The molecule has 0 saturated heterocycles. The second kappa shape index (κ2) is 9.38. The summed E-state index contributed by atoms with van der Waals surface area (Å²) in [6, 6.07) is 9.27.